The van der Waals surface area contributed by atoms with Gasteiger partial charge in [-0.15, -0.1) is 0 Å². The van der Waals surface area contributed by atoms with Crippen LogP contribution in [0.15, 0.2) is 24.5 Å². The van der Waals surface area contributed by atoms with Crippen molar-refractivity contribution in [3.8, 4) is 0 Å². The Labute approximate surface area is 155 Å². The number of piperazine rings is 1. The molecule has 2 aliphatic heterocycles. The molecule has 7 nitrogen and oxygen atoms in total. The molecule has 0 radical (unpaired) electrons. The van der Waals surface area contributed by atoms with Gasteiger partial charge < -0.3 is 15.1 Å². The van der Waals surface area contributed by atoms with Crippen LogP contribution in [0.5, 0.6) is 0 Å². The number of urea groups is 1. The summed E-state index contributed by atoms with van der Waals surface area (Å²) in [6.45, 7) is 10.3. The quantitative estimate of drug-likeness (QED) is 0.696. The minimum Gasteiger partial charge on any atom is -0.360 e. The van der Waals surface area contributed by atoms with E-state index >= 15 is 0 Å². The Hall–Kier alpha value is -2.15. The number of aromatic nitrogens is 1. The molecule has 3 rings (SSSR count). The van der Waals surface area contributed by atoms with Gasteiger partial charge in [-0.25, -0.2) is 14.7 Å². The number of H-pyrrole nitrogens is 1. The predicted molar refractivity (Wildman–Crippen MR) is 98.6 cm³/mol. The standard InChI is InChI=1S/C19H29N5O2/c1-15(2)4-7-19(3)17(25)24(18(26)21-19)14-22-10-12-23(13-11-22)16-5-8-20-9-6-16/h5-6,8-9,15H,4,7,10-14H2,1-3H3,(H,21,26)/p+2/t19-/m1/s1. The monoisotopic (exact) mass is 361 g/mol. The highest BCUT2D eigenvalue weighted by Crippen LogP contribution is 2.24. The molecular formula is C19H31N5O2+2. The second kappa shape index (κ2) is 7.61. The Morgan fingerprint density at radius 3 is 2.50 bits per heavy atom. The van der Waals surface area contributed by atoms with E-state index in [1.807, 2.05) is 19.3 Å². The predicted octanol–water partition coefficient (Wildman–Crippen LogP) is -0.0902. The van der Waals surface area contributed by atoms with Crippen LogP contribution in [0.1, 0.15) is 33.6 Å². The van der Waals surface area contributed by atoms with E-state index in [1.54, 1.807) is 0 Å². The zero-order valence-electron chi connectivity index (χ0n) is 16.0. The first-order chi connectivity index (χ1) is 12.4. The lowest BCUT2D eigenvalue weighted by atomic mass is 9.92. The molecule has 7 heteroatoms. The fourth-order valence-electron chi connectivity index (χ4n) is 3.69. The van der Waals surface area contributed by atoms with Crippen molar-refractivity contribution >= 4 is 17.6 Å². The summed E-state index contributed by atoms with van der Waals surface area (Å²) in [5, 5.41) is 2.92. The van der Waals surface area contributed by atoms with Gasteiger partial charge in [0.2, 0.25) is 0 Å². The SMILES string of the molecule is CC(C)CC[C@@]1(C)NC(=O)N(C[NH+]2CCN(c3cc[nH+]cc3)CC2)C1=O. The Bertz CT molecular complexity index is 643. The molecular weight excluding hydrogens is 330 g/mol. The van der Waals surface area contributed by atoms with Gasteiger partial charge in [-0.3, -0.25) is 4.79 Å². The zero-order valence-corrected chi connectivity index (χ0v) is 16.0. The van der Waals surface area contributed by atoms with Crippen LogP contribution in [0.4, 0.5) is 10.5 Å². The number of hydrogen-bond donors (Lipinski definition) is 2. The average molecular weight is 361 g/mol. The molecule has 1 aromatic heterocycles. The molecule has 1 aromatic rings. The Morgan fingerprint density at radius 2 is 1.88 bits per heavy atom. The third kappa shape index (κ3) is 3.98. The van der Waals surface area contributed by atoms with Crippen molar-refractivity contribution in [2.24, 2.45) is 5.92 Å². The van der Waals surface area contributed by atoms with Crippen molar-refractivity contribution < 1.29 is 19.5 Å². The van der Waals surface area contributed by atoms with E-state index < -0.39 is 5.54 Å². The topological polar surface area (TPSA) is 71.2 Å². The van der Waals surface area contributed by atoms with Gasteiger partial charge in [0, 0.05) is 17.8 Å². The van der Waals surface area contributed by atoms with Crippen molar-refractivity contribution in [2.75, 3.05) is 37.7 Å². The second-order valence-corrected chi connectivity index (χ2v) is 8.08. The molecule has 3 N–H and O–H groups in total. The Balaban J connectivity index is 1.55. The van der Waals surface area contributed by atoms with Crippen LogP contribution in [-0.4, -0.2) is 55.2 Å². The third-order valence-corrected chi connectivity index (χ3v) is 5.48. The lowest BCUT2D eigenvalue weighted by molar-refractivity contribution is -0.907. The van der Waals surface area contributed by atoms with E-state index in [4.69, 9.17) is 0 Å². The first-order valence-electron chi connectivity index (χ1n) is 9.58. The molecule has 1 atom stereocenters. The summed E-state index contributed by atoms with van der Waals surface area (Å²) in [5.41, 5.74) is 0.461. The summed E-state index contributed by atoms with van der Waals surface area (Å²) in [6.07, 6.45) is 5.48. The van der Waals surface area contributed by atoms with Crippen LogP contribution >= 0.6 is 0 Å². The minimum absolute atomic E-state index is 0.0725. The minimum atomic E-state index is -0.747. The van der Waals surface area contributed by atoms with Crippen molar-refractivity contribution in [3.05, 3.63) is 24.5 Å². The van der Waals surface area contributed by atoms with E-state index in [9.17, 15) is 9.59 Å². The maximum atomic E-state index is 12.8. The second-order valence-electron chi connectivity index (χ2n) is 8.08. The van der Waals surface area contributed by atoms with Crippen molar-refractivity contribution in [2.45, 2.75) is 39.2 Å². The smallest absolute Gasteiger partial charge is 0.329 e. The number of nitrogens with zero attached hydrogens (tertiary/aromatic N) is 2. The maximum absolute atomic E-state index is 12.8. The molecule has 3 amide bonds. The molecule has 0 spiro atoms. The van der Waals surface area contributed by atoms with E-state index in [-0.39, 0.29) is 11.9 Å². The van der Waals surface area contributed by atoms with Gasteiger partial charge >= 0.3 is 6.03 Å². The van der Waals surface area contributed by atoms with Crippen LogP contribution in [0.25, 0.3) is 0 Å². The van der Waals surface area contributed by atoms with E-state index in [0.717, 1.165) is 32.6 Å². The summed E-state index contributed by atoms with van der Waals surface area (Å²) >= 11 is 0. The van der Waals surface area contributed by atoms with Crippen molar-refractivity contribution in [1.29, 1.82) is 0 Å². The molecule has 0 aromatic carbocycles. The number of carbonyl (C=O) groups excluding carboxylic acids is 2. The highest BCUT2D eigenvalue weighted by Gasteiger charge is 2.48. The average Bonchev–Trinajstić information content (AvgIpc) is 2.85. The van der Waals surface area contributed by atoms with Gasteiger partial charge in [0.1, 0.15) is 5.54 Å². The number of quaternary nitrogens is 1. The molecule has 26 heavy (non-hydrogen) atoms. The first kappa shape index (κ1) is 18.6. The van der Waals surface area contributed by atoms with Crippen LogP contribution in [0, 0.1) is 5.92 Å². The lowest BCUT2D eigenvalue weighted by Gasteiger charge is -2.34. The number of imide groups is 1. The third-order valence-electron chi connectivity index (χ3n) is 5.48. The molecule has 3 heterocycles. The Morgan fingerprint density at radius 1 is 1.23 bits per heavy atom. The van der Waals surface area contributed by atoms with Crippen LogP contribution in [-0.2, 0) is 4.79 Å². The van der Waals surface area contributed by atoms with Gasteiger partial charge in [-0.1, -0.05) is 13.8 Å². The van der Waals surface area contributed by atoms with E-state index in [1.165, 1.54) is 15.5 Å². The van der Waals surface area contributed by atoms with Gasteiger partial charge in [-0.2, -0.15) is 0 Å². The van der Waals surface area contributed by atoms with Crippen molar-refractivity contribution in [3.63, 3.8) is 0 Å². The van der Waals surface area contributed by atoms with Gasteiger partial charge in [-0.05, 0) is 25.7 Å². The molecule has 0 aliphatic carbocycles. The van der Waals surface area contributed by atoms with Gasteiger partial charge in [0.25, 0.3) is 5.91 Å². The number of hydrogen-bond acceptors (Lipinski definition) is 3. The fourth-order valence-corrected chi connectivity index (χ4v) is 3.69. The van der Waals surface area contributed by atoms with Gasteiger partial charge in [0.05, 0.1) is 26.2 Å². The zero-order chi connectivity index (χ0) is 18.7. The summed E-state index contributed by atoms with van der Waals surface area (Å²) in [7, 11) is 0. The molecule has 0 unspecified atom stereocenters. The molecule has 142 valence electrons. The highest BCUT2D eigenvalue weighted by molar-refractivity contribution is 6.06. The summed E-state index contributed by atoms with van der Waals surface area (Å²) in [6, 6.07) is 3.90. The highest BCUT2D eigenvalue weighted by atomic mass is 16.2. The molecule has 2 saturated heterocycles. The van der Waals surface area contributed by atoms with Crippen LogP contribution in [0.3, 0.4) is 0 Å². The molecule has 0 bridgehead atoms. The number of amides is 3. The van der Waals surface area contributed by atoms with E-state index in [2.05, 4.69) is 41.2 Å². The summed E-state index contributed by atoms with van der Waals surface area (Å²) < 4.78 is 0. The van der Waals surface area contributed by atoms with Crippen LogP contribution < -0.4 is 20.1 Å². The number of rotatable bonds is 6. The van der Waals surface area contributed by atoms with Crippen LogP contribution in [0.2, 0.25) is 0 Å². The number of anilines is 1. The molecule has 2 fully saturated rings. The summed E-state index contributed by atoms with van der Waals surface area (Å²) in [5.74, 6) is 0.441. The van der Waals surface area contributed by atoms with Crippen molar-refractivity contribution in [1.82, 2.24) is 10.2 Å². The number of aromatic amines is 1. The largest absolute Gasteiger partial charge is 0.360 e. The van der Waals surface area contributed by atoms with E-state index in [0.29, 0.717) is 19.0 Å². The molecule has 0 saturated carbocycles. The first-order valence-corrected chi connectivity index (χ1v) is 9.58. The maximum Gasteiger partial charge on any atom is 0.329 e. The molecule has 2 aliphatic rings. The fraction of sp³-hybridized carbons (Fsp3) is 0.632. The normalized spacial score (nSPS) is 24.5. The number of pyridine rings is 1. The van der Waals surface area contributed by atoms with Gasteiger partial charge in [0.15, 0.2) is 19.1 Å². The number of nitrogens with one attached hydrogen (secondary N) is 3. The summed E-state index contributed by atoms with van der Waals surface area (Å²) in [4.78, 5) is 33.3. The Kier molecular flexibility index (Phi) is 5.46. The number of carbonyl (C=O) groups is 2. The lowest BCUT2D eigenvalue weighted by Crippen LogP contribution is -3.16.